The molecule has 59 heavy (non-hydrogen) atoms. The van der Waals surface area contributed by atoms with Crippen LogP contribution < -0.4 is 9.44 Å². The van der Waals surface area contributed by atoms with Gasteiger partial charge in [-0.1, -0.05) is 73.4 Å². The summed E-state index contributed by atoms with van der Waals surface area (Å²) in [6.07, 6.45) is 10.2. The molecule has 1 aliphatic rings. The molecular formula is C42H42Cl2N6O7S2. The summed E-state index contributed by atoms with van der Waals surface area (Å²) < 4.78 is 62.6. The van der Waals surface area contributed by atoms with Crippen LogP contribution in [0.2, 0.25) is 10.0 Å². The number of hydrogen-bond acceptors (Lipinski definition) is 9. The minimum absolute atomic E-state index is 0.160. The van der Waals surface area contributed by atoms with Crippen molar-refractivity contribution in [1.82, 2.24) is 19.3 Å². The van der Waals surface area contributed by atoms with Gasteiger partial charge in [-0.25, -0.2) is 16.8 Å². The van der Waals surface area contributed by atoms with Crippen LogP contribution in [0.1, 0.15) is 74.4 Å². The fourth-order valence-corrected chi connectivity index (χ4v) is 8.74. The molecule has 308 valence electrons. The van der Waals surface area contributed by atoms with E-state index < -0.39 is 25.6 Å². The Hall–Kier alpha value is -5.44. The summed E-state index contributed by atoms with van der Waals surface area (Å²) in [5.74, 6) is 1.51. The van der Waals surface area contributed by atoms with E-state index in [9.17, 15) is 16.8 Å². The smallest absolute Gasteiger partial charge is 0.373 e. The molecule has 4 aromatic carbocycles. The van der Waals surface area contributed by atoms with Gasteiger partial charge in [-0.2, -0.15) is 9.59 Å². The Morgan fingerprint density at radius 3 is 1.81 bits per heavy atom. The Bertz CT molecular complexity index is 2830. The first kappa shape index (κ1) is 43.1. The first-order chi connectivity index (χ1) is 28.1. The monoisotopic (exact) mass is 876 g/mol. The van der Waals surface area contributed by atoms with E-state index in [0.29, 0.717) is 45.5 Å². The van der Waals surface area contributed by atoms with E-state index in [0.717, 1.165) is 59.1 Å². The third-order valence-electron chi connectivity index (χ3n) is 10.0. The minimum atomic E-state index is -3.42. The van der Waals surface area contributed by atoms with Crippen LogP contribution >= 0.6 is 23.2 Å². The van der Waals surface area contributed by atoms with E-state index in [4.69, 9.17) is 37.2 Å². The lowest BCUT2D eigenvalue weighted by Gasteiger charge is -2.33. The number of hydrogen-bond donors (Lipinski definition) is 2. The summed E-state index contributed by atoms with van der Waals surface area (Å²) in [4.78, 5) is 16.2. The first-order valence-corrected chi connectivity index (χ1v) is 23.2. The number of aromatic nitrogens is 4. The standard InChI is InChI=1S/C23H23ClN4O3S.C18H19ClN2O2S.CO2/c1-3-23(16-9-11-17(24)12-10-16,22-26-25-21(31-22)15-7-8-15)28-14-13-18-19(27-32(2,29)30)5-4-6-20(18)28;1-3-17(13-7-9-14(19)10-8-13)21-12-11-15-16(20-24(2,22)23)5-4-6-18(15)21;2-1-3/h4-6,9-15,27H,3,7-8H2,1-2H3;4-12,17,20H,3H2,1-2H3;/t23-;17-;/m11./s1. The third kappa shape index (κ3) is 9.72. The summed E-state index contributed by atoms with van der Waals surface area (Å²) in [5.41, 5.74) is 4.30. The number of sulfonamides is 2. The molecule has 0 unspecified atom stereocenters. The fourth-order valence-electron chi connectivity index (χ4n) is 7.33. The van der Waals surface area contributed by atoms with E-state index in [2.05, 4.69) is 42.6 Å². The van der Waals surface area contributed by atoms with E-state index in [1.807, 2.05) is 97.3 Å². The van der Waals surface area contributed by atoms with Gasteiger partial charge in [0.25, 0.3) is 0 Å². The van der Waals surface area contributed by atoms with Crippen LogP contribution in [0, 0.1) is 0 Å². The zero-order chi connectivity index (χ0) is 42.5. The second-order valence-corrected chi connectivity index (χ2v) is 18.5. The van der Waals surface area contributed by atoms with Crippen molar-refractivity contribution in [3.8, 4) is 0 Å². The van der Waals surface area contributed by atoms with Crippen LogP contribution in [0.4, 0.5) is 11.4 Å². The Kier molecular flexibility index (Phi) is 13.0. The van der Waals surface area contributed by atoms with Crippen molar-refractivity contribution in [2.45, 2.75) is 57.0 Å². The predicted octanol–water partition coefficient (Wildman–Crippen LogP) is 9.21. The molecule has 0 aliphatic heterocycles. The zero-order valence-corrected chi connectivity index (χ0v) is 35.7. The highest BCUT2D eigenvalue weighted by molar-refractivity contribution is 7.92. The molecular weight excluding hydrogens is 836 g/mol. The van der Waals surface area contributed by atoms with Gasteiger partial charge >= 0.3 is 6.15 Å². The molecule has 13 nitrogen and oxygen atoms in total. The topological polar surface area (TPSA) is 175 Å². The van der Waals surface area contributed by atoms with Gasteiger partial charge in [-0.05, 0) is 97.5 Å². The zero-order valence-electron chi connectivity index (χ0n) is 32.6. The van der Waals surface area contributed by atoms with Crippen molar-refractivity contribution in [3.05, 3.63) is 142 Å². The van der Waals surface area contributed by atoms with E-state index in [1.54, 1.807) is 12.1 Å². The number of halogens is 2. The molecule has 0 saturated heterocycles. The lowest BCUT2D eigenvalue weighted by Crippen LogP contribution is -2.35. The summed E-state index contributed by atoms with van der Waals surface area (Å²) in [7, 11) is -6.74. The highest BCUT2D eigenvalue weighted by Crippen LogP contribution is 2.44. The number of nitrogens with zero attached hydrogens (tertiary/aromatic N) is 4. The first-order valence-electron chi connectivity index (χ1n) is 18.6. The highest BCUT2D eigenvalue weighted by atomic mass is 35.5. The number of nitrogens with one attached hydrogen (secondary N) is 2. The van der Waals surface area contributed by atoms with Gasteiger partial charge in [0.15, 0.2) is 0 Å². The predicted molar refractivity (Wildman–Crippen MR) is 230 cm³/mol. The average molecular weight is 878 g/mol. The molecule has 0 bridgehead atoms. The van der Waals surface area contributed by atoms with E-state index in [-0.39, 0.29) is 12.2 Å². The number of benzene rings is 4. The van der Waals surface area contributed by atoms with E-state index >= 15 is 0 Å². The van der Waals surface area contributed by atoms with Crippen molar-refractivity contribution in [3.63, 3.8) is 0 Å². The molecule has 1 fully saturated rings. The van der Waals surface area contributed by atoms with Crippen LogP contribution in [0.3, 0.4) is 0 Å². The van der Waals surface area contributed by atoms with Crippen LogP contribution in [0.25, 0.3) is 21.8 Å². The van der Waals surface area contributed by atoms with Crippen molar-refractivity contribution in [2.75, 3.05) is 22.0 Å². The molecule has 3 heterocycles. The van der Waals surface area contributed by atoms with Crippen molar-refractivity contribution < 1.29 is 30.8 Å². The molecule has 0 radical (unpaired) electrons. The van der Waals surface area contributed by atoms with Gasteiger partial charge in [0, 0.05) is 39.1 Å². The molecule has 2 atom stereocenters. The SMILES string of the molecule is CC[C@@](c1ccc(Cl)cc1)(c1nnc(C2CC2)o1)n1ccc2c(NS(C)(=O)=O)cccc21.CC[C@H](c1ccc(Cl)cc1)n1ccc2c(NS(C)(=O)=O)cccc21.O=C=O. The maximum atomic E-state index is 11.9. The Morgan fingerprint density at radius 2 is 1.29 bits per heavy atom. The number of anilines is 2. The molecule has 3 aromatic heterocycles. The van der Waals surface area contributed by atoms with Crippen LogP contribution in [0.5, 0.6) is 0 Å². The summed E-state index contributed by atoms with van der Waals surface area (Å²) in [6, 6.07) is 30.7. The minimum Gasteiger partial charge on any atom is -0.422 e. The second-order valence-electron chi connectivity index (χ2n) is 14.1. The lowest BCUT2D eigenvalue weighted by molar-refractivity contribution is -0.191. The van der Waals surface area contributed by atoms with Crippen molar-refractivity contribution in [2.24, 2.45) is 0 Å². The summed E-state index contributed by atoms with van der Waals surface area (Å²) in [5, 5.41) is 11.8. The van der Waals surface area contributed by atoms with Gasteiger partial charge < -0.3 is 13.6 Å². The summed E-state index contributed by atoms with van der Waals surface area (Å²) >= 11 is 12.2. The number of carbonyl (C=O) groups excluding carboxylic acids is 2. The van der Waals surface area contributed by atoms with Crippen molar-refractivity contribution >= 4 is 82.6 Å². The van der Waals surface area contributed by atoms with Crippen molar-refractivity contribution in [1.29, 1.82) is 0 Å². The maximum Gasteiger partial charge on any atom is 0.373 e. The Morgan fingerprint density at radius 1 is 0.763 bits per heavy atom. The molecule has 8 rings (SSSR count). The number of fused-ring (bicyclic) bond motifs is 2. The quantitative estimate of drug-likeness (QED) is 0.121. The summed E-state index contributed by atoms with van der Waals surface area (Å²) in [6.45, 7) is 4.20. The second kappa shape index (κ2) is 17.8. The molecule has 17 heteroatoms. The molecule has 0 amide bonds. The maximum absolute atomic E-state index is 11.9. The van der Waals surface area contributed by atoms with Gasteiger partial charge in [-0.3, -0.25) is 9.44 Å². The Labute approximate surface area is 352 Å². The fraction of sp³-hybridized carbons (Fsp3) is 0.262. The van der Waals surface area contributed by atoms with E-state index in [1.165, 1.54) is 5.56 Å². The van der Waals surface area contributed by atoms with Gasteiger partial charge in [0.2, 0.25) is 31.8 Å². The van der Waals surface area contributed by atoms with Crippen LogP contribution in [-0.2, 0) is 35.2 Å². The molecule has 1 saturated carbocycles. The third-order valence-corrected chi connectivity index (χ3v) is 11.7. The molecule has 1 aliphatic carbocycles. The Balaban J connectivity index is 0.000000193. The molecule has 7 aromatic rings. The van der Waals surface area contributed by atoms with Crippen LogP contribution in [-0.4, -0.2) is 54.8 Å². The van der Waals surface area contributed by atoms with Gasteiger partial charge in [-0.15, -0.1) is 10.2 Å². The van der Waals surface area contributed by atoms with Gasteiger partial charge in [0.05, 0.1) is 41.0 Å². The molecule has 0 spiro atoms. The van der Waals surface area contributed by atoms with Gasteiger partial charge in [0.1, 0.15) is 5.54 Å². The van der Waals surface area contributed by atoms with Crippen LogP contribution in [0.15, 0.2) is 114 Å². The number of rotatable bonds is 12. The average Bonchev–Trinajstić information content (AvgIpc) is 3.53. The largest absolute Gasteiger partial charge is 0.422 e. The lowest BCUT2D eigenvalue weighted by atomic mass is 9.86. The molecule has 2 N–H and O–H groups in total. The normalized spacial score (nSPS) is 14.3. The highest BCUT2D eigenvalue weighted by Gasteiger charge is 2.42.